The Bertz CT molecular complexity index is 930. The minimum absolute atomic E-state index is 0.0189. The highest BCUT2D eigenvalue weighted by atomic mass is 35.5. The lowest BCUT2D eigenvalue weighted by molar-refractivity contribution is -0.384. The van der Waals surface area contributed by atoms with Crippen molar-refractivity contribution in [2.45, 2.75) is 20.0 Å². The number of anilines is 1. The molecule has 1 unspecified atom stereocenters. The number of hydrogen-bond acceptors (Lipinski definition) is 7. The number of benzene rings is 2. The second-order valence-corrected chi connectivity index (χ2v) is 5.99. The summed E-state index contributed by atoms with van der Waals surface area (Å²) in [4.78, 5) is 34.5. The molecular weight excluding hydrogens is 380 g/mol. The molecule has 0 saturated heterocycles. The van der Waals surface area contributed by atoms with Gasteiger partial charge >= 0.3 is 5.97 Å². The standard InChI is InChI=1S/C17H15ClN2O7/c1-8-3-5-11(15(22)14(8)21)17(24)27-9(2)16(23)19-13-7-10(20(25)26)4-6-12(13)18/h3-7,9,21-22H,1-2H3,(H,19,23). The summed E-state index contributed by atoms with van der Waals surface area (Å²) in [6, 6.07) is 6.14. The summed E-state index contributed by atoms with van der Waals surface area (Å²) in [6.07, 6.45) is -1.31. The fourth-order valence-electron chi connectivity index (χ4n) is 2.08. The molecule has 0 aromatic heterocycles. The lowest BCUT2D eigenvalue weighted by atomic mass is 10.1. The van der Waals surface area contributed by atoms with Crippen molar-refractivity contribution in [3.05, 3.63) is 56.6 Å². The number of ether oxygens (including phenoxy) is 1. The molecule has 0 heterocycles. The predicted molar refractivity (Wildman–Crippen MR) is 96.1 cm³/mol. The summed E-state index contributed by atoms with van der Waals surface area (Å²) in [5, 5.41) is 32.7. The summed E-state index contributed by atoms with van der Waals surface area (Å²) in [5.41, 5.74) is -0.254. The largest absolute Gasteiger partial charge is 0.504 e. The number of esters is 1. The van der Waals surface area contributed by atoms with Crippen molar-refractivity contribution in [3.63, 3.8) is 0 Å². The quantitative estimate of drug-likeness (QED) is 0.306. The number of aromatic hydroxyl groups is 2. The highest BCUT2D eigenvalue weighted by molar-refractivity contribution is 6.33. The molecule has 27 heavy (non-hydrogen) atoms. The molecule has 0 aliphatic heterocycles. The summed E-state index contributed by atoms with van der Waals surface area (Å²) in [5.74, 6) is -2.95. The Morgan fingerprint density at radius 3 is 2.52 bits per heavy atom. The normalized spacial score (nSPS) is 11.5. The van der Waals surface area contributed by atoms with E-state index >= 15 is 0 Å². The predicted octanol–water partition coefficient (Wildman–Crippen LogP) is 3.15. The first-order valence-corrected chi connectivity index (χ1v) is 7.97. The van der Waals surface area contributed by atoms with E-state index in [1.165, 1.54) is 38.1 Å². The molecule has 9 nitrogen and oxygen atoms in total. The third-order valence-electron chi connectivity index (χ3n) is 3.64. The summed E-state index contributed by atoms with van der Waals surface area (Å²) < 4.78 is 4.96. The van der Waals surface area contributed by atoms with Crippen molar-refractivity contribution in [2.24, 2.45) is 0 Å². The fourth-order valence-corrected chi connectivity index (χ4v) is 2.24. The van der Waals surface area contributed by atoms with Crippen molar-refractivity contribution < 1.29 is 29.5 Å². The van der Waals surface area contributed by atoms with Gasteiger partial charge in [0.05, 0.1) is 15.6 Å². The molecule has 10 heteroatoms. The topological polar surface area (TPSA) is 139 Å². The van der Waals surface area contributed by atoms with Gasteiger partial charge in [0, 0.05) is 12.1 Å². The van der Waals surface area contributed by atoms with Gasteiger partial charge in [0.1, 0.15) is 5.56 Å². The lowest BCUT2D eigenvalue weighted by Gasteiger charge is -2.15. The van der Waals surface area contributed by atoms with Crippen molar-refractivity contribution in [1.29, 1.82) is 0 Å². The van der Waals surface area contributed by atoms with Crippen LogP contribution in [0.4, 0.5) is 11.4 Å². The van der Waals surface area contributed by atoms with E-state index in [1.807, 2.05) is 0 Å². The van der Waals surface area contributed by atoms with Crippen LogP contribution in [0.15, 0.2) is 30.3 Å². The molecule has 1 amide bonds. The molecular formula is C17H15ClN2O7. The van der Waals surface area contributed by atoms with E-state index in [4.69, 9.17) is 16.3 Å². The van der Waals surface area contributed by atoms with Crippen LogP contribution < -0.4 is 5.32 Å². The van der Waals surface area contributed by atoms with E-state index in [2.05, 4.69) is 5.32 Å². The SMILES string of the molecule is Cc1ccc(C(=O)OC(C)C(=O)Nc2cc([N+](=O)[O-])ccc2Cl)c(O)c1O. The molecule has 3 N–H and O–H groups in total. The molecule has 0 radical (unpaired) electrons. The van der Waals surface area contributed by atoms with Gasteiger partial charge in [-0.1, -0.05) is 17.7 Å². The maximum atomic E-state index is 12.2. The zero-order chi connectivity index (χ0) is 20.3. The first-order chi connectivity index (χ1) is 12.6. The highest BCUT2D eigenvalue weighted by Crippen LogP contribution is 2.32. The average molecular weight is 395 g/mol. The highest BCUT2D eigenvalue weighted by Gasteiger charge is 2.24. The Labute approximate surface area is 158 Å². The van der Waals surface area contributed by atoms with Crippen LogP contribution in [0, 0.1) is 17.0 Å². The van der Waals surface area contributed by atoms with Gasteiger partial charge in [0.2, 0.25) is 0 Å². The van der Waals surface area contributed by atoms with Crippen molar-refractivity contribution >= 4 is 34.9 Å². The molecule has 1 atom stereocenters. The molecule has 0 spiro atoms. The monoisotopic (exact) mass is 394 g/mol. The van der Waals surface area contributed by atoms with Crippen LogP contribution in [-0.2, 0) is 9.53 Å². The molecule has 2 rings (SSSR count). The van der Waals surface area contributed by atoms with Gasteiger partial charge in [-0.05, 0) is 31.5 Å². The number of carbonyl (C=O) groups excluding carboxylic acids is 2. The number of amides is 1. The van der Waals surface area contributed by atoms with Gasteiger partial charge < -0.3 is 20.3 Å². The molecule has 0 aliphatic carbocycles. The number of phenolic OH excluding ortho intramolecular Hbond substituents is 2. The number of nitro benzene ring substituents is 1. The van der Waals surface area contributed by atoms with Crippen LogP contribution in [0.5, 0.6) is 11.5 Å². The van der Waals surface area contributed by atoms with Gasteiger partial charge in [0.15, 0.2) is 17.6 Å². The molecule has 0 bridgehead atoms. The van der Waals surface area contributed by atoms with Gasteiger partial charge in [-0.2, -0.15) is 0 Å². The van der Waals surface area contributed by atoms with Gasteiger partial charge in [0.25, 0.3) is 11.6 Å². The Balaban J connectivity index is 2.12. The number of non-ortho nitro benzene ring substituents is 1. The Morgan fingerprint density at radius 2 is 1.89 bits per heavy atom. The third kappa shape index (κ3) is 4.45. The molecule has 0 saturated carbocycles. The average Bonchev–Trinajstić information content (AvgIpc) is 2.61. The van der Waals surface area contributed by atoms with Crippen LogP contribution in [0.1, 0.15) is 22.8 Å². The van der Waals surface area contributed by atoms with E-state index in [0.717, 1.165) is 6.07 Å². The third-order valence-corrected chi connectivity index (χ3v) is 3.97. The Hall–Kier alpha value is -3.33. The van der Waals surface area contributed by atoms with Gasteiger partial charge in [-0.15, -0.1) is 0 Å². The van der Waals surface area contributed by atoms with Crippen LogP contribution in [0.3, 0.4) is 0 Å². The van der Waals surface area contributed by atoms with Crippen molar-refractivity contribution in [1.82, 2.24) is 0 Å². The fraction of sp³-hybridized carbons (Fsp3) is 0.176. The summed E-state index contributed by atoms with van der Waals surface area (Å²) >= 11 is 5.90. The van der Waals surface area contributed by atoms with E-state index in [-0.39, 0.29) is 22.0 Å². The molecule has 0 fully saturated rings. The van der Waals surface area contributed by atoms with E-state index in [0.29, 0.717) is 5.56 Å². The van der Waals surface area contributed by atoms with Crippen molar-refractivity contribution in [2.75, 3.05) is 5.32 Å². The number of carbonyl (C=O) groups is 2. The smallest absolute Gasteiger partial charge is 0.342 e. The minimum atomic E-state index is -1.31. The first kappa shape index (κ1) is 20.0. The van der Waals surface area contributed by atoms with Crippen LogP contribution in [-0.4, -0.2) is 33.1 Å². The molecule has 2 aromatic carbocycles. The number of hydrogen-bond donors (Lipinski definition) is 3. The Morgan fingerprint density at radius 1 is 1.22 bits per heavy atom. The number of nitrogens with zero attached hydrogens (tertiary/aromatic N) is 1. The number of nitrogens with one attached hydrogen (secondary N) is 1. The molecule has 2 aromatic rings. The zero-order valence-electron chi connectivity index (χ0n) is 14.2. The van der Waals surface area contributed by atoms with Crippen LogP contribution in [0.2, 0.25) is 5.02 Å². The van der Waals surface area contributed by atoms with E-state index < -0.39 is 34.4 Å². The maximum absolute atomic E-state index is 12.2. The second-order valence-electron chi connectivity index (χ2n) is 5.59. The first-order valence-electron chi connectivity index (χ1n) is 7.59. The van der Waals surface area contributed by atoms with Gasteiger partial charge in [-0.25, -0.2) is 4.79 Å². The lowest BCUT2D eigenvalue weighted by Crippen LogP contribution is -2.30. The number of rotatable bonds is 5. The number of halogens is 1. The second kappa shape index (κ2) is 7.92. The minimum Gasteiger partial charge on any atom is -0.504 e. The molecule has 0 aliphatic rings. The van der Waals surface area contributed by atoms with E-state index in [1.54, 1.807) is 0 Å². The van der Waals surface area contributed by atoms with Crippen molar-refractivity contribution in [3.8, 4) is 11.5 Å². The number of phenols is 2. The summed E-state index contributed by atoms with van der Waals surface area (Å²) in [7, 11) is 0. The maximum Gasteiger partial charge on any atom is 0.342 e. The number of nitro groups is 1. The number of aryl methyl sites for hydroxylation is 1. The Kier molecular flexibility index (Phi) is 5.86. The van der Waals surface area contributed by atoms with Crippen LogP contribution >= 0.6 is 11.6 Å². The van der Waals surface area contributed by atoms with E-state index in [9.17, 15) is 29.9 Å². The van der Waals surface area contributed by atoms with Gasteiger partial charge in [-0.3, -0.25) is 14.9 Å². The zero-order valence-corrected chi connectivity index (χ0v) is 15.0. The van der Waals surface area contributed by atoms with Crippen LogP contribution in [0.25, 0.3) is 0 Å². The summed E-state index contributed by atoms with van der Waals surface area (Å²) in [6.45, 7) is 2.80. The molecule has 142 valence electrons.